The quantitative estimate of drug-likeness (QED) is 0.738. The minimum atomic E-state index is -0.455. The molecule has 0 spiro atoms. The Kier molecular flexibility index (Phi) is 4.06. The fourth-order valence-electron chi connectivity index (χ4n) is 1.72. The smallest absolute Gasteiger partial charge is 0.259 e. The van der Waals surface area contributed by atoms with Crippen LogP contribution >= 0.6 is 23.2 Å². The molecular formula is C14H12Cl2N2O2. The summed E-state index contributed by atoms with van der Waals surface area (Å²) < 4.78 is 0. The maximum atomic E-state index is 12.1. The molecule has 0 unspecified atom stereocenters. The summed E-state index contributed by atoms with van der Waals surface area (Å²) in [7, 11) is 0. The number of benzene rings is 2. The number of carbonyl (C=O) groups is 1. The van der Waals surface area contributed by atoms with Crippen molar-refractivity contribution in [3.05, 3.63) is 51.5 Å². The zero-order valence-corrected chi connectivity index (χ0v) is 12.1. The van der Waals surface area contributed by atoms with Crippen molar-refractivity contribution >= 4 is 40.5 Å². The highest BCUT2D eigenvalue weighted by molar-refractivity contribution is 6.33. The van der Waals surface area contributed by atoms with Gasteiger partial charge in [-0.2, -0.15) is 0 Å². The summed E-state index contributed by atoms with van der Waals surface area (Å²) in [5, 5.41) is 13.1. The van der Waals surface area contributed by atoms with Gasteiger partial charge in [0.05, 0.1) is 16.3 Å². The zero-order valence-electron chi connectivity index (χ0n) is 10.6. The van der Waals surface area contributed by atoms with Gasteiger partial charge >= 0.3 is 0 Å². The highest BCUT2D eigenvalue weighted by atomic mass is 35.5. The number of phenolic OH excluding ortho intramolecular Hbond substituents is 1. The van der Waals surface area contributed by atoms with Gasteiger partial charge in [-0.25, -0.2) is 0 Å². The van der Waals surface area contributed by atoms with Crippen LogP contribution in [0.4, 0.5) is 11.4 Å². The molecule has 0 aromatic heterocycles. The summed E-state index contributed by atoms with van der Waals surface area (Å²) in [6, 6.07) is 7.51. The van der Waals surface area contributed by atoms with E-state index in [4.69, 9.17) is 28.9 Å². The maximum absolute atomic E-state index is 12.1. The summed E-state index contributed by atoms with van der Waals surface area (Å²) in [5.41, 5.74) is 7.54. The van der Waals surface area contributed by atoms with Crippen molar-refractivity contribution in [1.82, 2.24) is 0 Å². The fraction of sp³-hybridized carbons (Fsp3) is 0.0714. The van der Waals surface area contributed by atoms with Crippen LogP contribution in [0.15, 0.2) is 30.3 Å². The predicted molar refractivity (Wildman–Crippen MR) is 81.7 cm³/mol. The normalized spacial score (nSPS) is 10.3. The number of nitrogens with two attached hydrogens (primary N) is 1. The van der Waals surface area contributed by atoms with E-state index in [1.54, 1.807) is 19.1 Å². The Labute approximate surface area is 126 Å². The van der Waals surface area contributed by atoms with Crippen LogP contribution in [0.25, 0.3) is 0 Å². The summed E-state index contributed by atoms with van der Waals surface area (Å²) >= 11 is 11.6. The number of hydrogen-bond donors (Lipinski definition) is 3. The molecule has 2 aromatic rings. The zero-order chi connectivity index (χ0) is 14.9. The Balaban J connectivity index is 2.30. The predicted octanol–water partition coefficient (Wildman–Crippen LogP) is 3.84. The number of aromatic hydroxyl groups is 1. The molecule has 20 heavy (non-hydrogen) atoms. The third-order valence-electron chi connectivity index (χ3n) is 2.80. The molecule has 0 aliphatic rings. The Morgan fingerprint density at radius 3 is 2.60 bits per heavy atom. The van der Waals surface area contributed by atoms with Gasteiger partial charge in [-0.1, -0.05) is 23.2 Å². The lowest BCUT2D eigenvalue weighted by Crippen LogP contribution is -2.13. The molecular weight excluding hydrogens is 299 g/mol. The topological polar surface area (TPSA) is 75.3 Å². The number of rotatable bonds is 2. The van der Waals surface area contributed by atoms with E-state index in [0.717, 1.165) is 5.56 Å². The van der Waals surface area contributed by atoms with Crippen LogP contribution in [0.3, 0.4) is 0 Å². The average Bonchev–Trinajstić information content (AvgIpc) is 2.35. The van der Waals surface area contributed by atoms with E-state index >= 15 is 0 Å². The van der Waals surface area contributed by atoms with Gasteiger partial charge < -0.3 is 16.2 Å². The fourth-order valence-corrected chi connectivity index (χ4v) is 2.05. The van der Waals surface area contributed by atoms with Crippen LogP contribution < -0.4 is 11.1 Å². The first kappa shape index (κ1) is 14.5. The van der Waals surface area contributed by atoms with Crippen molar-refractivity contribution in [3.63, 3.8) is 0 Å². The number of nitrogen functional groups attached to an aromatic ring is 1. The lowest BCUT2D eigenvalue weighted by atomic mass is 10.1. The lowest BCUT2D eigenvalue weighted by Gasteiger charge is -2.11. The maximum Gasteiger partial charge on any atom is 0.259 e. The molecule has 0 atom stereocenters. The van der Waals surface area contributed by atoms with E-state index in [-0.39, 0.29) is 11.3 Å². The van der Waals surface area contributed by atoms with Gasteiger partial charge in [-0.05, 0) is 42.8 Å². The number of amides is 1. The highest BCUT2D eigenvalue weighted by Gasteiger charge is 2.13. The standard InChI is InChI=1S/C14H12Cl2N2O2/c1-7-4-11(17)10(16)6-12(7)18-14(20)9-3-2-8(15)5-13(9)19/h2-6,19H,17H2,1H3,(H,18,20). The molecule has 6 heteroatoms. The van der Waals surface area contributed by atoms with Gasteiger partial charge in [0.1, 0.15) is 5.75 Å². The Morgan fingerprint density at radius 1 is 1.25 bits per heavy atom. The van der Waals surface area contributed by atoms with Crippen molar-refractivity contribution in [2.75, 3.05) is 11.1 Å². The van der Waals surface area contributed by atoms with Crippen LogP contribution in [0.2, 0.25) is 10.0 Å². The number of anilines is 2. The first-order chi connectivity index (χ1) is 9.38. The Bertz CT molecular complexity index is 687. The van der Waals surface area contributed by atoms with Crippen molar-refractivity contribution in [2.24, 2.45) is 0 Å². The largest absolute Gasteiger partial charge is 0.507 e. The third kappa shape index (κ3) is 2.98. The van der Waals surface area contributed by atoms with Crippen LogP contribution in [-0.2, 0) is 0 Å². The number of carbonyl (C=O) groups excluding carboxylic acids is 1. The molecule has 0 heterocycles. The summed E-state index contributed by atoms with van der Waals surface area (Å²) in [5.74, 6) is -0.641. The first-order valence-electron chi connectivity index (χ1n) is 5.74. The van der Waals surface area contributed by atoms with Gasteiger partial charge in [0.25, 0.3) is 5.91 Å². The highest BCUT2D eigenvalue weighted by Crippen LogP contribution is 2.28. The van der Waals surface area contributed by atoms with Crippen LogP contribution in [0.5, 0.6) is 5.75 Å². The third-order valence-corrected chi connectivity index (χ3v) is 3.36. The molecule has 0 fully saturated rings. The minimum absolute atomic E-state index is 0.127. The molecule has 1 amide bonds. The molecule has 2 aromatic carbocycles. The Morgan fingerprint density at radius 2 is 1.95 bits per heavy atom. The molecule has 4 N–H and O–H groups in total. The van der Waals surface area contributed by atoms with E-state index < -0.39 is 5.91 Å². The van der Waals surface area contributed by atoms with Gasteiger partial charge in [0.15, 0.2) is 0 Å². The molecule has 0 aliphatic carbocycles. The van der Waals surface area contributed by atoms with Gasteiger partial charge in [-0.3, -0.25) is 4.79 Å². The molecule has 2 rings (SSSR count). The molecule has 0 bridgehead atoms. The van der Waals surface area contributed by atoms with E-state index in [1.807, 2.05) is 0 Å². The molecule has 104 valence electrons. The van der Waals surface area contributed by atoms with Gasteiger partial charge in [0, 0.05) is 10.7 Å². The van der Waals surface area contributed by atoms with Crippen molar-refractivity contribution < 1.29 is 9.90 Å². The lowest BCUT2D eigenvalue weighted by molar-refractivity contribution is 0.102. The molecule has 0 saturated heterocycles. The number of phenols is 1. The number of aryl methyl sites for hydroxylation is 1. The molecule has 0 saturated carbocycles. The summed E-state index contributed by atoms with van der Waals surface area (Å²) in [6.07, 6.45) is 0. The van der Waals surface area contributed by atoms with Crippen LogP contribution in [0, 0.1) is 6.92 Å². The van der Waals surface area contributed by atoms with Gasteiger partial charge in [-0.15, -0.1) is 0 Å². The number of hydrogen-bond acceptors (Lipinski definition) is 3. The molecule has 0 aliphatic heterocycles. The van der Waals surface area contributed by atoms with Crippen LogP contribution in [-0.4, -0.2) is 11.0 Å². The van der Waals surface area contributed by atoms with Crippen LogP contribution in [0.1, 0.15) is 15.9 Å². The van der Waals surface area contributed by atoms with E-state index in [9.17, 15) is 9.90 Å². The molecule has 0 radical (unpaired) electrons. The van der Waals surface area contributed by atoms with E-state index in [2.05, 4.69) is 5.32 Å². The first-order valence-corrected chi connectivity index (χ1v) is 6.49. The van der Waals surface area contributed by atoms with Crippen molar-refractivity contribution in [1.29, 1.82) is 0 Å². The number of halogens is 2. The second kappa shape index (κ2) is 5.61. The van der Waals surface area contributed by atoms with Crippen molar-refractivity contribution in [2.45, 2.75) is 6.92 Å². The number of nitrogens with one attached hydrogen (secondary N) is 1. The van der Waals surface area contributed by atoms with Crippen molar-refractivity contribution in [3.8, 4) is 5.75 Å². The summed E-state index contributed by atoms with van der Waals surface area (Å²) in [4.78, 5) is 12.1. The van der Waals surface area contributed by atoms with E-state index in [1.165, 1.54) is 18.2 Å². The molecule has 4 nitrogen and oxygen atoms in total. The SMILES string of the molecule is Cc1cc(N)c(Cl)cc1NC(=O)c1ccc(Cl)cc1O. The second-order valence-electron chi connectivity index (χ2n) is 4.30. The Hall–Kier alpha value is -1.91. The van der Waals surface area contributed by atoms with E-state index in [0.29, 0.717) is 21.4 Å². The average molecular weight is 311 g/mol. The monoisotopic (exact) mass is 310 g/mol. The van der Waals surface area contributed by atoms with Gasteiger partial charge in [0.2, 0.25) is 0 Å². The second-order valence-corrected chi connectivity index (χ2v) is 5.15. The minimum Gasteiger partial charge on any atom is -0.507 e. The summed E-state index contributed by atoms with van der Waals surface area (Å²) in [6.45, 7) is 1.80.